The van der Waals surface area contributed by atoms with Crippen molar-refractivity contribution in [1.82, 2.24) is 19.8 Å². The van der Waals surface area contributed by atoms with Crippen LogP contribution >= 0.6 is 11.8 Å². The highest BCUT2D eigenvalue weighted by molar-refractivity contribution is 7.98. The number of nitrogens with zero attached hydrogens (tertiary/aromatic N) is 4. The second-order valence-electron chi connectivity index (χ2n) is 3.73. The number of fused-ring (bicyclic) bond motifs is 1. The lowest BCUT2D eigenvalue weighted by Crippen LogP contribution is -1.82. The highest BCUT2D eigenvalue weighted by atomic mass is 32.2. The smallest absolute Gasteiger partial charge is 0.139 e. The van der Waals surface area contributed by atoms with Crippen LogP contribution in [0.2, 0.25) is 0 Å². The van der Waals surface area contributed by atoms with Gasteiger partial charge in [0.1, 0.15) is 11.1 Å². The van der Waals surface area contributed by atoms with Crippen LogP contribution in [0.25, 0.3) is 5.52 Å². The van der Waals surface area contributed by atoms with Gasteiger partial charge in [0.05, 0.1) is 17.3 Å². The van der Waals surface area contributed by atoms with E-state index in [0.29, 0.717) is 5.75 Å². The molecule has 0 atom stereocenters. The zero-order chi connectivity index (χ0) is 12.4. The Morgan fingerprint density at radius 1 is 1.44 bits per heavy atom. The van der Waals surface area contributed by atoms with Crippen LogP contribution in [0.4, 0.5) is 0 Å². The number of aromatic nitrogens is 4. The molecule has 0 fully saturated rings. The summed E-state index contributed by atoms with van der Waals surface area (Å²) in [5, 5.41) is 20.4. The molecule has 0 aromatic carbocycles. The third kappa shape index (κ3) is 1.85. The highest BCUT2D eigenvalue weighted by Gasteiger charge is 2.10. The van der Waals surface area contributed by atoms with Crippen LogP contribution in [0.5, 0.6) is 0 Å². The van der Waals surface area contributed by atoms with Gasteiger partial charge in [-0.3, -0.25) is 0 Å². The van der Waals surface area contributed by atoms with E-state index in [-0.39, 0.29) is 0 Å². The fourth-order valence-corrected chi connectivity index (χ4v) is 2.58. The molecule has 0 aliphatic carbocycles. The molecule has 18 heavy (non-hydrogen) atoms. The summed E-state index contributed by atoms with van der Waals surface area (Å²) in [5.41, 5.74) is 2.68. The number of nitriles is 1. The van der Waals surface area contributed by atoms with E-state index in [1.807, 2.05) is 35.0 Å². The summed E-state index contributed by atoms with van der Waals surface area (Å²) in [7, 11) is 0. The van der Waals surface area contributed by atoms with Crippen LogP contribution in [0, 0.1) is 11.3 Å². The van der Waals surface area contributed by atoms with Crippen molar-refractivity contribution >= 4 is 17.3 Å². The highest BCUT2D eigenvalue weighted by Crippen LogP contribution is 2.25. The predicted octanol–water partition coefficient (Wildman–Crippen LogP) is 2.22. The van der Waals surface area contributed by atoms with Gasteiger partial charge >= 0.3 is 0 Å². The molecule has 0 amide bonds. The molecule has 0 saturated heterocycles. The molecule has 3 heterocycles. The number of rotatable bonds is 3. The molecule has 0 saturated carbocycles. The molecule has 0 radical (unpaired) electrons. The van der Waals surface area contributed by atoms with Crippen LogP contribution in [-0.2, 0) is 5.75 Å². The van der Waals surface area contributed by atoms with Gasteiger partial charge in [0, 0.05) is 18.1 Å². The van der Waals surface area contributed by atoms with Crippen molar-refractivity contribution in [1.29, 1.82) is 5.26 Å². The Morgan fingerprint density at radius 2 is 2.39 bits per heavy atom. The van der Waals surface area contributed by atoms with Gasteiger partial charge < -0.3 is 4.40 Å². The van der Waals surface area contributed by atoms with Crippen LogP contribution < -0.4 is 0 Å². The number of thioether (sulfide) groups is 1. The Kier molecular flexibility index (Phi) is 2.74. The molecule has 3 aromatic rings. The quantitative estimate of drug-likeness (QED) is 0.728. The summed E-state index contributed by atoms with van der Waals surface area (Å²) < 4.78 is 1.97. The van der Waals surface area contributed by atoms with E-state index in [9.17, 15) is 5.26 Å². The van der Waals surface area contributed by atoms with Gasteiger partial charge in [-0.05, 0) is 17.7 Å². The lowest BCUT2D eigenvalue weighted by molar-refractivity contribution is 0.911. The minimum Gasteiger partial charge on any atom is -0.322 e. The van der Waals surface area contributed by atoms with Crippen molar-refractivity contribution in [3.05, 3.63) is 47.9 Å². The van der Waals surface area contributed by atoms with Crippen LogP contribution in [0.15, 0.2) is 41.8 Å². The van der Waals surface area contributed by atoms with Crippen molar-refractivity contribution in [3.63, 3.8) is 0 Å². The fraction of sp³-hybridized carbons (Fsp3) is 0.0833. The molecule has 0 spiro atoms. The number of pyridine rings is 1. The molecule has 0 bridgehead atoms. The first-order valence-corrected chi connectivity index (χ1v) is 6.34. The molecule has 6 heteroatoms. The Morgan fingerprint density at radius 3 is 3.17 bits per heavy atom. The number of nitrogens with one attached hydrogen (secondary N) is 1. The van der Waals surface area contributed by atoms with Gasteiger partial charge in [0.2, 0.25) is 0 Å². The Labute approximate surface area is 107 Å². The van der Waals surface area contributed by atoms with Crippen molar-refractivity contribution < 1.29 is 0 Å². The third-order valence-electron chi connectivity index (χ3n) is 2.64. The Bertz CT molecular complexity index is 708. The first-order chi connectivity index (χ1) is 8.88. The molecule has 5 nitrogen and oxygen atoms in total. The summed E-state index contributed by atoms with van der Waals surface area (Å²) in [4.78, 5) is 0. The van der Waals surface area contributed by atoms with E-state index in [2.05, 4.69) is 21.5 Å². The number of hydrogen-bond acceptors (Lipinski definition) is 4. The number of aromatic amines is 1. The van der Waals surface area contributed by atoms with Gasteiger partial charge in [0.25, 0.3) is 0 Å². The second kappa shape index (κ2) is 4.55. The van der Waals surface area contributed by atoms with Gasteiger partial charge in [0.15, 0.2) is 0 Å². The number of hydrogen-bond donors (Lipinski definition) is 1. The van der Waals surface area contributed by atoms with Crippen molar-refractivity contribution in [2.75, 3.05) is 0 Å². The molecule has 3 rings (SSSR count). The van der Waals surface area contributed by atoms with E-state index in [0.717, 1.165) is 21.7 Å². The first-order valence-electron chi connectivity index (χ1n) is 5.36. The maximum absolute atomic E-state index is 9.26. The minimum absolute atomic E-state index is 0.705. The van der Waals surface area contributed by atoms with Crippen LogP contribution in [0.3, 0.4) is 0 Å². The van der Waals surface area contributed by atoms with E-state index in [1.54, 1.807) is 18.0 Å². The average molecular weight is 255 g/mol. The summed E-state index contributed by atoms with van der Waals surface area (Å²) in [6.07, 6.45) is 5.61. The van der Waals surface area contributed by atoms with Crippen molar-refractivity contribution in [2.45, 2.75) is 10.8 Å². The molecule has 0 aliphatic rings. The molecule has 88 valence electrons. The summed E-state index contributed by atoms with van der Waals surface area (Å²) in [6.45, 7) is 0. The fourth-order valence-electron chi connectivity index (χ4n) is 1.83. The van der Waals surface area contributed by atoms with Crippen molar-refractivity contribution in [3.8, 4) is 6.07 Å². The zero-order valence-corrected chi connectivity index (χ0v) is 10.2. The second-order valence-corrected chi connectivity index (χ2v) is 4.73. The Balaban J connectivity index is 1.94. The summed E-state index contributed by atoms with van der Waals surface area (Å²) >= 11 is 1.56. The summed E-state index contributed by atoms with van der Waals surface area (Å²) in [5.74, 6) is 0.705. The standard InChI is InChI=1S/C12H9N5S/c13-5-10-9(8-18-12-6-14-16-15-12)7-17-4-2-1-3-11(10)17/h1-4,6-7H,8H2,(H,14,15,16). The first kappa shape index (κ1) is 10.9. The van der Waals surface area contributed by atoms with E-state index in [1.165, 1.54) is 0 Å². The molecular weight excluding hydrogens is 246 g/mol. The van der Waals surface area contributed by atoms with Gasteiger partial charge in [-0.1, -0.05) is 17.8 Å². The Hall–Kier alpha value is -2.26. The van der Waals surface area contributed by atoms with Crippen molar-refractivity contribution in [2.24, 2.45) is 0 Å². The minimum atomic E-state index is 0.705. The SMILES string of the molecule is N#Cc1c(CSc2cn[nH]n2)cn2ccccc12. The largest absolute Gasteiger partial charge is 0.322 e. The molecular formula is C12H9N5S. The normalized spacial score (nSPS) is 10.6. The summed E-state index contributed by atoms with van der Waals surface area (Å²) in [6, 6.07) is 8.10. The molecule has 1 N–H and O–H groups in total. The lowest BCUT2D eigenvalue weighted by Gasteiger charge is -1.94. The van der Waals surface area contributed by atoms with Crippen LogP contribution in [0.1, 0.15) is 11.1 Å². The zero-order valence-electron chi connectivity index (χ0n) is 9.37. The van der Waals surface area contributed by atoms with E-state index in [4.69, 9.17) is 0 Å². The monoisotopic (exact) mass is 255 g/mol. The van der Waals surface area contributed by atoms with E-state index < -0.39 is 0 Å². The maximum Gasteiger partial charge on any atom is 0.139 e. The molecule has 0 unspecified atom stereocenters. The topological polar surface area (TPSA) is 69.8 Å². The number of H-pyrrole nitrogens is 1. The molecule has 0 aliphatic heterocycles. The van der Waals surface area contributed by atoms with E-state index >= 15 is 0 Å². The third-order valence-corrected chi connectivity index (χ3v) is 3.59. The maximum atomic E-state index is 9.26. The van der Waals surface area contributed by atoms with Gasteiger partial charge in [-0.15, -0.1) is 5.10 Å². The van der Waals surface area contributed by atoms with Gasteiger partial charge in [-0.25, -0.2) is 0 Å². The van der Waals surface area contributed by atoms with Crippen LogP contribution in [-0.4, -0.2) is 19.8 Å². The van der Waals surface area contributed by atoms with Gasteiger partial charge in [-0.2, -0.15) is 15.6 Å². The lowest BCUT2D eigenvalue weighted by atomic mass is 10.2. The molecule has 3 aromatic heterocycles. The predicted molar refractivity (Wildman–Crippen MR) is 68.1 cm³/mol. The average Bonchev–Trinajstić information content (AvgIpc) is 3.03.